The van der Waals surface area contributed by atoms with E-state index in [1.54, 1.807) is 42.5 Å². The first kappa shape index (κ1) is 18.7. The van der Waals surface area contributed by atoms with Gasteiger partial charge in [0.25, 0.3) is 5.91 Å². The molecular weight excluding hydrogens is 336 g/mol. The fourth-order valence-corrected chi connectivity index (χ4v) is 2.25. The van der Waals surface area contributed by atoms with Gasteiger partial charge < -0.3 is 15.2 Å². The number of thiocarbonyl (C=S) groups is 1. The normalized spacial score (nSPS) is 10.4. The van der Waals surface area contributed by atoms with E-state index in [0.29, 0.717) is 23.8 Å². The number of ether oxygens (including phenoxy) is 1. The van der Waals surface area contributed by atoms with Crippen molar-refractivity contribution < 1.29 is 14.6 Å². The van der Waals surface area contributed by atoms with Crippen LogP contribution < -0.4 is 15.4 Å². The number of amides is 1. The van der Waals surface area contributed by atoms with E-state index >= 15 is 0 Å². The summed E-state index contributed by atoms with van der Waals surface area (Å²) in [5.74, 6) is 1.13. The molecule has 0 bridgehead atoms. The van der Waals surface area contributed by atoms with Gasteiger partial charge in [-0.15, -0.1) is 0 Å². The molecule has 132 valence electrons. The van der Waals surface area contributed by atoms with Crippen LogP contribution in [0.1, 0.15) is 30.6 Å². The van der Waals surface area contributed by atoms with Gasteiger partial charge in [0.1, 0.15) is 11.5 Å². The number of carbonyl (C=O) groups is 1. The number of rotatable bonds is 6. The first-order chi connectivity index (χ1) is 11.9. The van der Waals surface area contributed by atoms with Gasteiger partial charge in [0.05, 0.1) is 6.61 Å². The first-order valence-electron chi connectivity index (χ1n) is 8.08. The van der Waals surface area contributed by atoms with Crippen LogP contribution in [0.2, 0.25) is 0 Å². The van der Waals surface area contributed by atoms with Gasteiger partial charge in [-0.05, 0) is 61.0 Å². The Hall–Kier alpha value is -2.60. The predicted molar refractivity (Wildman–Crippen MR) is 103 cm³/mol. The molecule has 0 saturated heterocycles. The molecule has 0 saturated carbocycles. The summed E-state index contributed by atoms with van der Waals surface area (Å²) in [7, 11) is 0. The molecular formula is C19H22N2O3S. The van der Waals surface area contributed by atoms with Crippen LogP contribution in [0.25, 0.3) is 0 Å². The van der Waals surface area contributed by atoms with Gasteiger partial charge in [0, 0.05) is 17.3 Å². The minimum Gasteiger partial charge on any atom is -0.508 e. The summed E-state index contributed by atoms with van der Waals surface area (Å²) in [6.07, 6.45) is 0.983. The lowest BCUT2D eigenvalue weighted by Gasteiger charge is -2.11. The fourth-order valence-electron chi connectivity index (χ4n) is 2.04. The van der Waals surface area contributed by atoms with Crippen molar-refractivity contribution in [2.45, 2.75) is 20.3 Å². The Morgan fingerprint density at radius 3 is 2.56 bits per heavy atom. The van der Waals surface area contributed by atoms with Crippen LogP contribution >= 0.6 is 12.2 Å². The quantitative estimate of drug-likeness (QED) is 0.682. The van der Waals surface area contributed by atoms with E-state index in [4.69, 9.17) is 17.0 Å². The maximum Gasteiger partial charge on any atom is 0.257 e. The molecule has 0 aliphatic carbocycles. The van der Waals surface area contributed by atoms with E-state index in [-0.39, 0.29) is 16.8 Å². The van der Waals surface area contributed by atoms with Gasteiger partial charge in [-0.2, -0.15) is 0 Å². The number of nitrogens with one attached hydrogen (secondary N) is 2. The fraction of sp³-hybridized carbons (Fsp3) is 0.263. The molecule has 6 heteroatoms. The number of phenolic OH excluding ortho intramolecular Hbond substituents is 1. The molecule has 0 atom stereocenters. The van der Waals surface area contributed by atoms with Gasteiger partial charge in [0.15, 0.2) is 5.11 Å². The van der Waals surface area contributed by atoms with Crippen molar-refractivity contribution in [1.82, 2.24) is 5.32 Å². The summed E-state index contributed by atoms with van der Waals surface area (Å²) < 4.78 is 5.63. The molecule has 2 aromatic carbocycles. The third-order valence-corrected chi connectivity index (χ3v) is 3.62. The minimum atomic E-state index is -0.314. The van der Waals surface area contributed by atoms with Crippen LogP contribution in [0, 0.1) is 5.92 Å². The molecule has 25 heavy (non-hydrogen) atoms. The van der Waals surface area contributed by atoms with Crippen molar-refractivity contribution in [1.29, 1.82) is 0 Å². The van der Waals surface area contributed by atoms with E-state index in [1.807, 2.05) is 0 Å². The Bertz CT molecular complexity index is 730. The summed E-state index contributed by atoms with van der Waals surface area (Å²) in [5, 5.41) is 15.0. The Labute approximate surface area is 153 Å². The van der Waals surface area contributed by atoms with Crippen molar-refractivity contribution in [3.8, 4) is 11.5 Å². The molecule has 0 unspecified atom stereocenters. The zero-order valence-electron chi connectivity index (χ0n) is 14.3. The SMILES string of the molecule is CC(C)CCOc1ccc(C(=O)NC(=S)Nc2cccc(O)c2)cc1. The van der Waals surface area contributed by atoms with Crippen molar-refractivity contribution in [2.75, 3.05) is 11.9 Å². The van der Waals surface area contributed by atoms with Crippen molar-refractivity contribution in [3.63, 3.8) is 0 Å². The van der Waals surface area contributed by atoms with Crippen molar-refractivity contribution >= 4 is 28.9 Å². The lowest BCUT2D eigenvalue weighted by molar-refractivity contribution is 0.0977. The van der Waals surface area contributed by atoms with E-state index in [2.05, 4.69) is 24.5 Å². The smallest absolute Gasteiger partial charge is 0.257 e. The Kier molecular flexibility index (Phi) is 6.77. The molecule has 0 fully saturated rings. The van der Waals surface area contributed by atoms with E-state index < -0.39 is 0 Å². The van der Waals surface area contributed by atoms with E-state index in [9.17, 15) is 9.90 Å². The van der Waals surface area contributed by atoms with Gasteiger partial charge in [-0.1, -0.05) is 19.9 Å². The number of carbonyl (C=O) groups excluding carboxylic acids is 1. The average molecular weight is 358 g/mol. The van der Waals surface area contributed by atoms with Gasteiger partial charge >= 0.3 is 0 Å². The number of hydrogen-bond donors (Lipinski definition) is 3. The topological polar surface area (TPSA) is 70.6 Å². The van der Waals surface area contributed by atoms with Crippen LogP contribution in [0.3, 0.4) is 0 Å². The molecule has 1 amide bonds. The minimum absolute atomic E-state index is 0.118. The van der Waals surface area contributed by atoms with Crippen LogP contribution in [0.15, 0.2) is 48.5 Å². The zero-order chi connectivity index (χ0) is 18.2. The van der Waals surface area contributed by atoms with Gasteiger partial charge in [-0.25, -0.2) is 0 Å². The van der Waals surface area contributed by atoms with Crippen LogP contribution in [-0.4, -0.2) is 22.7 Å². The average Bonchev–Trinajstić information content (AvgIpc) is 2.55. The monoisotopic (exact) mass is 358 g/mol. The molecule has 2 aromatic rings. The summed E-state index contributed by atoms with van der Waals surface area (Å²) in [6, 6.07) is 13.4. The van der Waals surface area contributed by atoms with Crippen molar-refractivity contribution in [3.05, 3.63) is 54.1 Å². The predicted octanol–water partition coefficient (Wildman–Crippen LogP) is 3.94. The lowest BCUT2D eigenvalue weighted by atomic mass is 10.1. The Morgan fingerprint density at radius 1 is 1.20 bits per heavy atom. The second kappa shape index (κ2) is 9.03. The highest BCUT2D eigenvalue weighted by Gasteiger charge is 2.08. The highest BCUT2D eigenvalue weighted by molar-refractivity contribution is 7.80. The highest BCUT2D eigenvalue weighted by atomic mass is 32.1. The van der Waals surface area contributed by atoms with Gasteiger partial charge in [-0.3, -0.25) is 10.1 Å². The summed E-state index contributed by atoms with van der Waals surface area (Å²) >= 11 is 5.11. The number of aromatic hydroxyl groups is 1. The molecule has 0 aromatic heterocycles. The van der Waals surface area contributed by atoms with Crippen LogP contribution in [0.5, 0.6) is 11.5 Å². The molecule has 2 rings (SSSR count). The van der Waals surface area contributed by atoms with E-state index in [1.165, 1.54) is 6.07 Å². The molecule has 0 radical (unpaired) electrons. The first-order valence-corrected chi connectivity index (χ1v) is 8.49. The highest BCUT2D eigenvalue weighted by Crippen LogP contribution is 2.16. The number of hydrogen-bond acceptors (Lipinski definition) is 4. The second-order valence-corrected chi connectivity index (χ2v) is 6.42. The van der Waals surface area contributed by atoms with Crippen molar-refractivity contribution in [2.24, 2.45) is 5.92 Å². The maximum atomic E-state index is 12.2. The molecule has 5 nitrogen and oxygen atoms in total. The standard InChI is InChI=1S/C19H22N2O3S/c1-13(2)10-11-24-17-8-6-14(7-9-17)18(23)21-19(25)20-15-4-3-5-16(22)12-15/h3-9,12-13,22H,10-11H2,1-2H3,(H2,20,21,23,25). The Balaban J connectivity index is 1.86. The number of phenols is 1. The summed E-state index contributed by atoms with van der Waals surface area (Å²) in [5.41, 5.74) is 1.08. The third kappa shape index (κ3) is 6.43. The van der Waals surface area contributed by atoms with Crippen LogP contribution in [-0.2, 0) is 0 Å². The van der Waals surface area contributed by atoms with Crippen LogP contribution in [0.4, 0.5) is 5.69 Å². The molecule has 0 heterocycles. The number of anilines is 1. The molecule has 0 aliphatic rings. The summed E-state index contributed by atoms with van der Waals surface area (Å²) in [4.78, 5) is 12.2. The number of benzene rings is 2. The molecule has 0 spiro atoms. The lowest BCUT2D eigenvalue weighted by Crippen LogP contribution is -2.34. The molecule has 3 N–H and O–H groups in total. The van der Waals surface area contributed by atoms with Gasteiger partial charge in [0.2, 0.25) is 0 Å². The zero-order valence-corrected chi connectivity index (χ0v) is 15.1. The van der Waals surface area contributed by atoms with E-state index in [0.717, 1.165) is 12.2 Å². The summed E-state index contributed by atoms with van der Waals surface area (Å²) in [6.45, 7) is 4.94. The second-order valence-electron chi connectivity index (χ2n) is 6.01. The third-order valence-electron chi connectivity index (χ3n) is 3.41. The largest absolute Gasteiger partial charge is 0.508 e. The molecule has 0 aliphatic heterocycles. The maximum absolute atomic E-state index is 12.2. The Morgan fingerprint density at radius 2 is 1.92 bits per heavy atom.